The molecule has 3 rings (SSSR count). The SMILES string of the molecule is CC(P=S)=P(c1ccccc1)(c1ccccc1)c1ccccc1. The minimum atomic E-state index is -1.84. The zero-order valence-electron chi connectivity index (χ0n) is 13.0. The van der Waals surface area contributed by atoms with Crippen LogP contribution in [-0.2, 0) is 11.8 Å². The second-order valence-corrected chi connectivity index (χ2v) is 10.6. The van der Waals surface area contributed by atoms with Crippen LogP contribution in [0, 0.1) is 0 Å². The van der Waals surface area contributed by atoms with Crippen molar-refractivity contribution in [3.05, 3.63) is 91.0 Å². The Labute approximate surface area is 145 Å². The highest BCUT2D eigenvalue weighted by Gasteiger charge is 2.27. The van der Waals surface area contributed by atoms with Gasteiger partial charge in [-0.2, -0.15) is 0 Å². The van der Waals surface area contributed by atoms with Crippen molar-refractivity contribution in [3.8, 4) is 0 Å². The molecule has 0 atom stereocenters. The van der Waals surface area contributed by atoms with E-state index in [9.17, 15) is 0 Å². The first kappa shape index (κ1) is 16.3. The lowest BCUT2D eigenvalue weighted by atomic mass is 10.4. The lowest BCUT2D eigenvalue weighted by Gasteiger charge is -2.30. The Hall–Kier alpha value is -1.52. The van der Waals surface area contributed by atoms with Gasteiger partial charge in [-0.3, -0.25) is 0 Å². The molecule has 0 N–H and O–H groups in total. The minimum absolute atomic E-state index is 0.937. The van der Waals surface area contributed by atoms with Crippen molar-refractivity contribution in [2.75, 3.05) is 0 Å². The van der Waals surface area contributed by atoms with Crippen molar-refractivity contribution in [1.82, 2.24) is 0 Å². The van der Waals surface area contributed by atoms with Crippen molar-refractivity contribution in [1.29, 1.82) is 0 Å². The predicted molar refractivity (Wildman–Crippen MR) is 110 cm³/mol. The summed E-state index contributed by atoms with van der Waals surface area (Å²) in [4.78, 5) is 0. The molecule has 114 valence electrons. The summed E-state index contributed by atoms with van der Waals surface area (Å²) in [7, 11) is 0.937. The first-order valence-electron chi connectivity index (χ1n) is 7.53. The third kappa shape index (κ3) is 2.98. The summed E-state index contributed by atoms with van der Waals surface area (Å²) in [5.41, 5.74) is 0. The lowest BCUT2D eigenvalue weighted by Crippen LogP contribution is -2.28. The van der Waals surface area contributed by atoms with Crippen LogP contribution < -0.4 is 15.9 Å². The largest absolute Gasteiger partial charge is 0.0622 e. The van der Waals surface area contributed by atoms with Crippen molar-refractivity contribution in [2.24, 2.45) is 0 Å². The molecular formula is C20H18P2S. The Kier molecular flexibility index (Phi) is 5.23. The van der Waals surface area contributed by atoms with E-state index in [1.165, 1.54) is 20.9 Å². The van der Waals surface area contributed by atoms with Gasteiger partial charge in [-0.05, 0) is 34.8 Å². The summed E-state index contributed by atoms with van der Waals surface area (Å²) in [6.07, 6.45) is 0. The molecule has 3 heteroatoms. The zero-order chi connectivity index (χ0) is 16.1. The molecule has 0 heterocycles. The molecule has 0 spiro atoms. The third-order valence-corrected chi connectivity index (χ3v) is 10.9. The minimum Gasteiger partial charge on any atom is -0.0622 e. The lowest BCUT2D eigenvalue weighted by molar-refractivity contribution is 1.73. The molecule has 0 radical (unpaired) electrons. The monoisotopic (exact) mass is 352 g/mol. The fourth-order valence-corrected chi connectivity index (χ4v) is 9.53. The Morgan fingerprint density at radius 3 is 1.22 bits per heavy atom. The van der Waals surface area contributed by atoms with Crippen molar-refractivity contribution in [2.45, 2.75) is 6.92 Å². The van der Waals surface area contributed by atoms with Crippen LogP contribution in [0.5, 0.6) is 0 Å². The van der Waals surface area contributed by atoms with Gasteiger partial charge in [0.1, 0.15) is 0 Å². The second-order valence-electron chi connectivity index (χ2n) is 5.32. The molecule has 0 aliphatic heterocycles. The summed E-state index contributed by atoms with van der Waals surface area (Å²) in [5, 5.41) is 5.46. The van der Waals surface area contributed by atoms with Crippen LogP contribution in [0.15, 0.2) is 91.0 Å². The Bertz CT molecular complexity index is 737. The summed E-state index contributed by atoms with van der Waals surface area (Å²) < 4.78 is 0. The summed E-state index contributed by atoms with van der Waals surface area (Å²) >= 11 is 5.49. The average molecular weight is 352 g/mol. The van der Waals surface area contributed by atoms with E-state index in [0.29, 0.717) is 0 Å². The van der Waals surface area contributed by atoms with E-state index in [1.54, 1.807) is 0 Å². The molecule has 3 aromatic rings. The van der Waals surface area contributed by atoms with Crippen LogP contribution in [-0.4, -0.2) is 5.03 Å². The summed E-state index contributed by atoms with van der Waals surface area (Å²) in [5.74, 6) is 0. The second kappa shape index (κ2) is 7.37. The van der Waals surface area contributed by atoms with Crippen molar-refractivity contribution >= 4 is 47.0 Å². The molecule has 3 aromatic carbocycles. The van der Waals surface area contributed by atoms with E-state index < -0.39 is 6.89 Å². The molecule has 0 unspecified atom stereocenters. The molecule has 0 saturated heterocycles. The fraction of sp³-hybridized carbons (Fsp3) is 0.0500. The van der Waals surface area contributed by atoms with Gasteiger partial charge in [0.05, 0.1) is 0 Å². The number of rotatable bonds is 4. The molecule has 23 heavy (non-hydrogen) atoms. The zero-order valence-corrected chi connectivity index (χ0v) is 15.6. The molecule has 0 bridgehead atoms. The maximum absolute atomic E-state index is 5.49. The standard InChI is InChI=1S/C20H18P2S/c1-17(21-23)22(18-11-5-2-6-12-18,19-13-7-3-8-14-19)20-15-9-4-10-16-20/h2-16H,1H3. The van der Waals surface area contributed by atoms with Gasteiger partial charge in [-0.25, -0.2) is 0 Å². The Balaban J connectivity index is 2.50. The van der Waals surface area contributed by atoms with Crippen molar-refractivity contribution in [3.63, 3.8) is 0 Å². The molecular weight excluding hydrogens is 334 g/mol. The smallest absolute Gasteiger partial charge is 0.00618 e. The van der Waals surface area contributed by atoms with E-state index in [1.807, 2.05) is 0 Å². The van der Waals surface area contributed by atoms with Gasteiger partial charge in [0.2, 0.25) is 0 Å². The van der Waals surface area contributed by atoms with E-state index in [-0.39, 0.29) is 0 Å². The molecule has 0 amide bonds. The van der Waals surface area contributed by atoms with Gasteiger partial charge >= 0.3 is 0 Å². The fourth-order valence-electron chi connectivity index (χ4n) is 3.02. The highest BCUT2D eigenvalue weighted by molar-refractivity contribution is 8.14. The maximum Gasteiger partial charge on any atom is 0.00618 e. The molecule has 0 nitrogen and oxygen atoms in total. The van der Waals surface area contributed by atoms with Gasteiger partial charge in [0.25, 0.3) is 0 Å². The number of hydrogen-bond donors (Lipinski definition) is 0. The van der Waals surface area contributed by atoms with Gasteiger partial charge in [0.15, 0.2) is 0 Å². The third-order valence-electron chi connectivity index (χ3n) is 4.05. The Morgan fingerprint density at radius 2 is 0.957 bits per heavy atom. The molecule has 0 aliphatic rings. The first-order chi connectivity index (χ1) is 11.3. The van der Waals surface area contributed by atoms with Gasteiger partial charge in [-0.1, -0.05) is 103 Å². The number of benzene rings is 3. The average Bonchev–Trinajstić information content (AvgIpc) is 2.65. The van der Waals surface area contributed by atoms with E-state index >= 15 is 0 Å². The van der Waals surface area contributed by atoms with Crippen LogP contribution in [0.1, 0.15) is 6.92 Å². The molecule has 0 fully saturated rings. The van der Waals surface area contributed by atoms with Crippen LogP contribution in [0.4, 0.5) is 0 Å². The van der Waals surface area contributed by atoms with Gasteiger partial charge in [0, 0.05) is 7.36 Å². The maximum atomic E-state index is 5.49. The van der Waals surface area contributed by atoms with E-state index in [4.69, 9.17) is 11.8 Å². The quantitative estimate of drug-likeness (QED) is 0.621. The highest BCUT2D eigenvalue weighted by Crippen LogP contribution is 2.48. The summed E-state index contributed by atoms with van der Waals surface area (Å²) in [6.45, 7) is 0.373. The van der Waals surface area contributed by atoms with Gasteiger partial charge in [-0.15, -0.1) is 0 Å². The van der Waals surface area contributed by atoms with E-state index in [2.05, 4.69) is 97.9 Å². The van der Waals surface area contributed by atoms with Crippen LogP contribution in [0.3, 0.4) is 0 Å². The van der Waals surface area contributed by atoms with Gasteiger partial charge < -0.3 is 0 Å². The first-order valence-corrected chi connectivity index (χ1v) is 11.2. The molecule has 0 aliphatic carbocycles. The van der Waals surface area contributed by atoms with Crippen LogP contribution in [0.2, 0.25) is 0 Å². The molecule has 0 aromatic heterocycles. The normalized spacial score (nSPS) is 11.3. The van der Waals surface area contributed by atoms with E-state index in [0.717, 1.165) is 7.36 Å². The Morgan fingerprint density at radius 1 is 0.652 bits per heavy atom. The van der Waals surface area contributed by atoms with Crippen molar-refractivity contribution < 1.29 is 0 Å². The predicted octanol–water partition coefficient (Wildman–Crippen LogP) is 4.54. The topological polar surface area (TPSA) is 0 Å². The van der Waals surface area contributed by atoms with Crippen LogP contribution >= 0.6 is 14.2 Å². The number of hydrogen-bond acceptors (Lipinski definition) is 1. The molecule has 0 saturated carbocycles. The summed E-state index contributed by atoms with van der Waals surface area (Å²) in [6, 6.07) is 32.5. The van der Waals surface area contributed by atoms with Crippen LogP contribution in [0.25, 0.3) is 0 Å². The highest BCUT2D eigenvalue weighted by atomic mass is 32.4.